The zero-order chi connectivity index (χ0) is 16.1. The molecule has 118 valence electrons. The van der Waals surface area contributed by atoms with Gasteiger partial charge in [-0.05, 0) is 24.1 Å². The van der Waals surface area contributed by atoms with Gasteiger partial charge in [0, 0.05) is 23.0 Å². The first-order valence-corrected chi connectivity index (χ1v) is 7.38. The molecule has 1 atom stereocenters. The Morgan fingerprint density at radius 2 is 2.14 bits per heavy atom. The Kier molecular flexibility index (Phi) is 5.63. The molecule has 8 heteroatoms. The lowest BCUT2D eigenvalue weighted by Crippen LogP contribution is -2.37. The van der Waals surface area contributed by atoms with Crippen LogP contribution in [0.25, 0.3) is 0 Å². The number of esters is 1. The second-order valence-electron chi connectivity index (χ2n) is 4.78. The van der Waals surface area contributed by atoms with E-state index in [2.05, 4.69) is 10.6 Å². The molecule has 0 aromatic heterocycles. The van der Waals surface area contributed by atoms with E-state index in [0.717, 1.165) is 0 Å². The van der Waals surface area contributed by atoms with Crippen molar-refractivity contribution in [1.82, 2.24) is 10.6 Å². The van der Waals surface area contributed by atoms with Gasteiger partial charge in [0.2, 0.25) is 5.91 Å². The van der Waals surface area contributed by atoms with Crippen LogP contribution in [0, 0.1) is 0 Å². The molecular weight excluding hydrogens is 331 g/mol. The largest absolute Gasteiger partial charge is 0.454 e. The number of rotatable bonds is 5. The maximum Gasteiger partial charge on any atom is 0.329 e. The lowest BCUT2D eigenvalue weighted by molar-refractivity contribution is -0.150. The molecule has 2 N–H and O–H groups in total. The summed E-state index contributed by atoms with van der Waals surface area (Å²) in [5, 5.41) is 6.01. The van der Waals surface area contributed by atoms with E-state index in [1.807, 2.05) is 0 Å². The van der Waals surface area contributed by atoms with Crippen molar-refractivity contribution in [2.75, 3.05) is 6.61 Å². The minimum Gasteiger partial charge on any atom is -0.454 e. The summed E-state index contributed by atoms with van der Waals surface area (Å²) in [6.07, 6.45) is 0.681. The number of hydrogen-bond acceptors (Lipinski definition) is 4. The molecule has 1 aliphatic heterocycles. The van der Waals surface area contributed by atoms with Gasteiger partial charge in [-0.15, -0.1) is 0 Å². The third-order valence-corrected chi connectivity index (χ3v) is 3.70. The van der Waals surface area contributed by atoms with Crippen molar-refractivity contribution >= 4 is 41.0 Å². The fraction of sp³-hybridized carbons (Fsp3) is 0.357. The van der Waals surface area contributed by atoms with E-state index in [1.165, 1.54) is 0 Å². The van der Waals surface area contributed by atoms with Crippen LogP contribution in [0.4, 0.5) is 0 Å². The molecule has 1 aromatic rings. The monoisotopic (exact) mass is 344 g/mol. The van der Waals surface area contributed by atoms with Crippen molar-refractivity contribution in [3.05, 3.63) is 33.8 Å². The first-order chi connectivity index (χ1) is 10.5. The number of carbonyl (C=O) groups excluding carboxylic acids is 3. The van der Waals surface area contributed by atoms with Crippen LogP contribution in [0.1, 0.15) is 18.4 Å². The fourth-order valence-electron chi connectivity index (χ4n) is 1.94. The minimum atomic E-state index is -0.661. The first-order valence-electron chi connectivity index (χ1n) is 6.62. The van der Waals surface area contributed by atoms with Crippen LogP contribution < -0.4 is 10.6 Å². The van der Waals surface area contributed by atoms with E-state index < -0.39 is 24.5 Å². The average Bonchev–Trinajstić information content (AvgIpc) is 2.90. The highest BCUT2D eigenvalue weighted by Gasteiger charge is 2.28. The highest BCUT2D eigenvalue weighted by Crippen LogP contribution is 2.20. The second kappa shape index (κ2) is 7.47. The smallest absolute Gasteiger partial charge is 0.329 e. The number of halogens is 2. The minimum absolute atomic E-state index is 0.191. The molecule has 0 bridgehead atoms. The zero-order valence-electron chi connectivity index (χ0n) is 11.5. The summed E-state index contributed by atoms with van der Waals surface area (Å²) in [7, 11) is 0. The Morgan fingerprint density at radius 1 is 1.36 bits per heavy atom. The van der Waals surface area contributed by atoms with Gasteiger partial charge in [0.1, 0.15) is 6.04 Å². The first kappa shape index (κ1) is 16.6. The van der Waals surface area contributed by atoms with E-state index in [4.69, 9.17) is 27.9 Å². The Labute approximate surface area is 137 Å². The maximum absolute atomic E-state index is 11.6. The molecule has 0 saturated carbocycles. The summed E-state index contributed by atoms with van der Waals surface area (Å²) >= 11 is 11.8. The molecule has 0 unspecified atom stereocenters. The summed E-state index contributed by atoms with van der Waals surface area (Å²) in [4.78, 5) is 34.2. The number of hydrogen-bond donors (Lipinski definition) is 2. The number of ether oxygens (including phenoxy) is 1. The number of carbonyl (C=O) groups is 3. The van der Waals surface area contributed by atoms with E-state index in [0.29, 0.717) is 28.5 Å². The summed E-state index contributed by atoms with van der Waals surface area (Å²) in [5.74, 6) is -1.25. The summed E-state index contributed by atoms with van der Waals surface area (Å²) in [6.45, 7) is -0.205. The van der Waals surface area contributed by atoms with Crippen LogP contribution in [0.15, 0.2) is 18.2 Å². The predicted molar refractivity (Wildman–Crippen MR) is 80.4 cm³/mol. The molecule has 0 spiro atoms. The van der Waals surface area contributed by atoms with Gasteiger partial charge in [0.25, 0.3) is 5.91 Å². The second-order valence-corrected chi connectivity index (χ2v) is 5.62. The fourth-order valence-corrected chi connectivity index (χ4v) is 2.41. The third kappa shape index (κ3) is 4.61. The van der Waals surface area contributed by atoms with E-state index in [1.54, 1.807) is 18.2 Å². The summed E-state index contributed by atoms with van der Waals surface area (Å²) in [6, 6.07) is 4.28. The Balaban J connectivity index is 1.74. The van der Waals surface area contributed by atoms with Crippen LogP contribution in [0.3, 0.4) is 0 Å². The number of benzene rings is 1. The van der Waals surface area contributed by atoms with Gasteiger partial charge in [-0.3, -0.25) is 9.59 Å². The van der Waals surface area contributed by atoms with Gasteiger partial charge in [0.15, 0.2) is 6.61 Å². The summed E-state index contributed by atoms with van der Waals surface area (Å²) in [5.41, 5.74) is 0.703. The van der Waals surface area contributed by atoms with Crippen LogP contribution in [-0.2, 0) is 25.7 Å². The molecule has 2 amide bonds. The van der Waals surface area contributed by atoms with Crippen molar-refractivity contribution in [2.24, 2.45) is 0 Å². The third-order valence-electron chi connectivity index (χ3n) is 3.12. The SMILES string of the molecule is O=C(COC(=O)[C@H]1CCC(=O)N1)NCc1ccc(Cl)cc1Cl. The van der Waals surface area contributed by atoms with Gasteiger partial charge in [-0.25, -0.2) is 4.79 Å². The van der Waals surface area contributed by atoms with Crippen molar-refractivity contribution < 1.29 is 19.1 Å². The van der Waals surface area contributed by atoms with Gasteiger partial charge in [-0.1, -0.05) is 29.3 Å². The number of amides is 2. The molecule has 1 saturated heterocycles. The highest BCUT2D eigenvalue weighted by atomic mass is 35.5. The quantitative estimate of drug-likeness (QED) is 0.791. The molecule has 1 fully saturated rings. The van der Waals surface area contributed by atoms with Crippen molar-refractivity contribution in [3.63, 3.8) is 0 Å². The molecule has 22 heavy (non-hydrogen) atoms. The lowest BCUT2D eigenvalue weighted by Gasteiger charge is -2.11. The molecule has 1 heterocycles. The zero-order valence-corrected chi connectivity index (χ0v) is 13.0. The van der Waals surface area contributed by atoms with Crippen LogP contribution >= 0.6 is 23.2 Å². The van der Waals surface area contributed by atoms with Gasteiger partial charge >= 0.3 is 5.97 Å². The molecule has 0 radical (unpaired) electrons. The summed E-state index contributed by atoms with van der Waals surface area (Å²) < 4.78 is 4.85. The Hall–Kier alpha value is -1.79. The maximum atomic E-state index is 11.6. The van der Waals surface area contributed by atoms with E-state index in [9.17, 15) is 14.4 Å². The van der Waals surface area contributed by atoms with Crippen molar-refractivity contribution in [3.8, 4) is 0 Å². The molecule has 1 aliphatic rings. The van der Waals surface area contributed by atoms with Gasteiger partial charge < -0.3 is 15.4 Å². The standard InChI is InChI=1S/C14H14Cl2N2O4/c15-9-2-1-8(10(16)5-9)6-17-13(20)7-22-14(21)11-3-4-12(19)18-11/h1-2,5,11H,3-4,6-7H2,(H,17,20)(H,18,19)/t11-/m1/s1. The Morgan fingerprint density at radius 3 is 2.77 bits per heavy atom. The molecule has 1 aromatic carbocycles. The topological polar surface area (TPSA) is 84.5 Å². The highest BCUT2D eigenvalue weighted by molar-refractivity contribution is 6.35. The molecule has 2 rings (SSSR count). The lowest BCUT2D eigenvalue weighted by atomic mass is 10.2. The molecule has 6 nitrogen and oxygen atoms in total. The van der Waals surface area contributed by atoms with Crippen molar-refractivity contribution in [2.45, 2.75) is 25.4 Å². The average molecular weight is 345 g/mol. The van der Waals surface area contributed by atoms with E-state index in [-0.39, 0.29) is 12.5 Å². The van der Waals surface area contributed by atoms with Gasteiger partial charge in [0.05, 0.1) is 0 Å². The molecule has 0 aliphatic carbocycles. The normalized spacial score (nSPS) is 17.0. The van der Waals surface area contributed by atoms with E-state index >= 15 is 0 Å². The van der Waals surface area contributed by atoms with Crippen molar-refractivity contribution in [1.29, 1.82) is 0 Å². The van der Waals surface area contributed by atoms with Crippen LogP contribution in [0.2, 0.25) is 10.0 Å². The Bertz CT molecular complexity index is 607. The predicted octanol–water partition coefficient (Wildman–Crippen LogP) is 1.43. The molecular formula is C14H14Cl2N2O4. The number of nitrogens with one attached hydrogen (secondary N) is 2. The van der Waals surface area contributed by atoms with Crippen LogP contribution in [-0.4, -0.2) is 30.4 Å². The van der Waals surface area contributed by atoms with Gasteiger partial charge in [-0.2, -0.15) is 0 Å². The van der Waals surface area contributed by atoms with Crippen LogP contribution in [0.5, 0.6) is 0 Å².